The second-order valence-corrected chi connectivity index (χ2v) is 6.41. The van der Waals surface area contributed by atoms with Crippen molar-refractivity contribution in [2.45, 2.75) is 0 Å². The van der Waals surface area contributed by atoms with Crippen molar-refractivity contribution in [2.75, 3.05) is 5.32 Å². The van der Waals surface area contributed by atoms with Crippen LogP contribution in [0.1, 0.15) is 10.6 Å². The van der Waals surface area contributed by atoms with Crippen LogP contribution in [0.15, 0.2) is 66.7 Å². The first kappa shape index (κ1) is 15.0. The fraction of sp³-hybridized carbons (Fsp3) is 0. The lowest BCUT2D eigenvalue weighted by molar-refractivity contribution is 0.0997. The minimum Gasteiger partial charge on any atom is -0.451 e. The quantitative estimate of drug-likeness (QED) is 0.657. The van der Waals surface area contributed by atoms with Crippen molar-refractivity contribution in [1.29, 1.82) is 0 Å². The molecule has 6 heteroatoms. The highest BCUT2D eigenvalue weighted by Gasteiger charge is 2.12. The summed E-state index contributed by atoms with van der Waals surface area (Å²) in [6, 6.07) is 13.4. The maximum absolute atomic E-state index is 12.2. The van der Waals surface area contributed by atoms with Crippen molar-refractivity contribution < 1.29 is 9.21 Å². The maximum atomic E-state index is 12.2. The van der Waals surface area contributed by atoms with E-state index in [1.165, 1.54) is 6.07 Å². The number of nitrogens with one attached hydrogen (secondary N) is 1. The Hall–Kier alpha value is -1.92. The van der Waals surface area contributed by atoms with Gasteiger partial charge in [0.1, 0.15) is 5.58 Å². The van der Waals surface area contributed by atoms with Crippen LogP contribution in [-0.4, -0.2) is 5.91 Å². The summed E-state index contributed by atoms with van der Waals surface area (Å²) in [5, 5.41) is 3.12. The Labute approximate surface area is 142 Å². The summed E-state index contributed by atoms with van der Waals surface area (Å²) < 4.78 is 7.21. The number of rotatable bonds is 2. The van der Waals surface area contributed by atoms with Gasteiger partial charge in [-0.25, -0.2) is 0 Å². The number of anilines is 1. The van der Waals surface area contributed by atoms with Crippen LogP contribution in [0, 0.1) is 0 Å². The van der Waals surface area contributed by atoms with Crippen molar-refractivity contribution >= 4 is 54.4 Å². The third kappa shape index (κ3) is 3.13. The van der Waals surface area contributed by atoms with Crippen LogP contribution in [0.3, 0.4) is 0 Å². The molecule has 0 unspecified atom stereocenters. The van der Waals surface area contributed by atoms with Crippen molar-refractivity contribution in [3.63, 3.8) is 0 Å². The van der Waals surface area contributed by atoms with Crippen molar-refractivity contribution in [1.82, 2.24) is 0 Å². The number of halogens is 2. The van der Waals surface area contributed by atoms with Gasteiger partial charge in [0.2, 0.25) is 0 Å². The van der Waals surface area contributed by atoms with E-state index in [1.54, 1.807) is 30.3 Å². The molecule has 1 N–H and O–H groups in total. The number of hydrogen-bond acceptors (Lipinski definition) is 3. The Kier molecular flexibility index (Phi) is 4.13. The van der Waals surface area contributed by atoms with E-state index in [9.17, 15) is 9.59 Å². The number of amides is 1. The average Bonchev–Trinajstić information content (AvgIpc) is 2.49. The Balaban J connectivity index is 1.97. The van der Waals surface area contributed by atoms with Crippen LogP contribution >= 0.6 is 31.9 Å². The lowest BCUT2D eigenvalue weighted by Gasteiger charge is -2.05. The van der Waals surface area contributed by atoms with Crippen LogP contribution in [0.4, 0.5) is 5.69 Å². The van der Waals surface area contributed by atoms with E-state index in [0.29, 0.717) is 16.7 Å². The van der Waals surface area contributed by atoms with E-state index < -0.39 is 5.91 Å². The lowest BCUT2D eigenvalue weighted by Crippen LogP contribution is -2.14. The smallest absolute Gasteiger partial charge is 0.291 e. The molecule has 3 aromatic rings. The van der Waals surface area contributed by atoms with Gasteiger partial charge in [-0.15, -0.1) is 0 Å². The molecule has 0 spiro atoms. The van der Waals surface area contributed by atoms with Gasteiger partial charge in [0.25, 0.3) is 5.91 Å². The van der Waals surface area contributed by atoms with Crippen LogP contribution in [0.2, 0.25) is 0 Å². The SMILES string of the molecule is O=C(Nc1ccc(Br)cc1)c1cc(=O)c2ccc(Br)cc2o1. The molecule has 0 fully saturated rings. The van der Waals surface area contributed by atoms with E-state index in [2.05, 4.69) is 37.2 Å². The van der Waals surface area contributed by atoms with E-state index in [4.69, 9.17) is 4.42 Å². The Morgan fingerprint density at radius 2 is 1.64 bits per heavy atom. The number of carbonyl (C=O) groups is 1. The molecule has 0 aliphatic carbocycles. The second kappa shape index (κ2) is 6.06. The number of benzene rings is 2. The third-order valence-corrected chi connectivity index (χ3v) is 4.04. The summed E-state index contributed by atoms with van der Waals surface area (Å²) in [6.07, 6.45) is 0. The molecule has 0 radical (unpaired) electrons. The Bertz CT molecular complexity index is 917. The molecule has 0 saturated carbocycles. The third-order valence-electron chi connectivity index (χ3n) is 3.02. The summed E-state index contributed by atoms with van der Waals surface area (Å²) in [5.74, 6) is -0.500. The zero-order valence-corrected chi connectivity index (χ0v) is 14.3. The fourth-order valence-electron chi connectivity index (χ4n) is 1.97. The number of carbonyl (C=O) groups excluding carboxylic acids is 1. The van der Waals surface area contributed by atoms with Gasteiger partial charge in [0.05, 0.1) is 5.39 Å². The molecule has 2 aromatic carbocycles. The predicted molar refractivity (Wildman–Crippen MR) is 92.3 cm³/mol. The van der Waals surface area contributed by atoms with Gasteiger partial charge < -0.3 is 9.73 Å². The molecule has 22 heavy (non-hydrogen) atoms. The summed E-state index contributed by atoms with van der Waals surface area (Å²) in [7, 11) is 0. The molecular weight excluding hydrogens is 414 g/mol. The van der Waals surface area contributed by atoms with Crippen molar-refractivity contribution in [3.8, 4) is 0 Å². The summed E-state index contributed by atoms with van der Waals surface area (Å²) in [4.78, 5) is 24.3. The van der Waals surface area contributed by atoms with Gasteiger partial charge in [-0.2, -0.15) is 0 Å². The van der Waals surface area contributed by atoms with E-state index in [1.807, 2.05) is 12.1 Å². The Morgan fingerprint density at radius 3 is 2.36 bits per heavy atom. The first-order chi connectivity index (χ1) is 10.5. The molecular formula is C16H9Br2NO3. The zero-order valence-electron chi connectivity index (χ0n) is 11.1. The van der Waals surface area contributed by atoms with E-state index >= 15 is 0 Å². The summed E-state index contributed by atoms with van der Waals surface area (Å²) in [5.41, 5.74) is 0.725. The van der Waals surface area contributed by atoms with Crippen LogP contribution in [-0.2, 0) is 0 Å². The monoisotopic (exact) mass is 421 g/mol. The second-order valence-electron chi connectivity index (χ2n) is 4.58. The fourth-order valence-corrected chi connectivity index (χ4v) is 2.57. The normalized spacial score (nSPS) is 10.6. The van der Waals surface area contributed by atoms with Gasteiger partial charge >= 0.3 is 0 Å². The van der Waals surface area contributed by atoms with Crippen LogP contribution in [0.25, 0.3) is 11.0 Å². The molecule has 4 nitrogen and oxygen atoms in total. The average molecular weight is 423 g/mol. The number of fused-ring (bicyclic) bond motifs is 1. The van der Waals surface area contributed by atoms with Crippen molar-refractivity contribution in [3.05, 3.63) is 73.5 Å². The highest BCUT2D eigenvalue weighted by atomic mass is 79.9. The van der Waals surface area contributed by atoms with Gasteiger partial charge in [0, 0.05) is 20.7 Å². The molecule has 0 aliphatic rings. The molecule has 3 rings (SSSR count). The van der Waals surface area contributed by atoms with Crippen LogP contribution in [0.5, 0.6) is 0 Å². The highest BCUT2D eigenvalue weighted by molar-refractivity contribution is 9.10. The number of hydrogen-bond donors (Lipinski definition) is 1. The van der Waals surface area contributed by atoms with Gasteiger partial charge in [0.15, 0.2) is 11.2 Å². The topological polar surface area (TPSA) is 59.3 Å². The van der Waals surface area contributed by atoms with Gasteiger partial charge in [-0.05, 0) is 42.5 Å². The molecule has 0 bridgehead atoms. The molecule has 0 saturated heterocycles. The molecule has 1 amide bonds. The van der Waals surface area contributed by atoms with E-state index in [-0.39, 0.29) is 11.2 Å². The van der Waals surface area contributed by atoms with Gasteiger partial charge in [-0.1, -0.05) is 31.9 Å². The van der Waals surface area contributed by atoms with Gasteiger partial charge in [-0.3, -0.25) is 9.59 Å². The minimum absolute atomic E-state index is 0.0291. The molecule has 0 atom stereocenters. The molecule has 110 valence electrons. The minimum atomic E-state index is -0.471. The molecule has 1 heterocycles. The molecule has 1 aromatic heterocycles. The van der Waals surface area contributed by atoms with Crippen LogP contribution < -0.4 is 10.7 Å². The van der Waals surface area contributed by atoms with E-state index in [0.717, 1.165) is 8.95 Å². The Morgan fingerprint density at radius 1 is 0.955 bits per heavy atom. The highest BCUT2D eigenvalue weighted by Crippen LogP contribution is 2.19. The first-order valence-electron chi connectivity index (χ1n) is 6.33. The lowest BCUT2D eigenvalue weighted by atomic mass is 10.2. The van der Waals surface area contributed by atoms with Crippen molar-refractivity contribution in [2.24, 2.45) is 0 Å². The zero-order chi connectivity index (χ0) is 15.7. The maximum Gasteiger partial charge on any atom is 0.291 e. The predicted octanol–water partition coefficient (Wildman–Crippen LogP) is 4.57. The molecule has 0 aliphatic heterocycles. The largest absolute Gasteiger partial charge is 0.451 e. The standard InChI is InChI=1S/C16H9Br2NO3/c17-9-1-4-11(5-2-9)19-16(21)15-8-13(20)12-6-3-10(18)7-14(12)22-15/h1-8H,(H,19,21). The summed E-state index contributed by atoms with van der Waals surface area (Å²) in [6.45, 7) is 0. The first-order valence-corrected chi connectivity index (χ1v) is 7.92. The summed E-state index contributed by atoms with van der Waals surface area (Å²) >= 11 is 6.64.